The number of hydrogen-bond acceptors (Lipinski definition) is 7. The van der Waals surface area contributed by atoms with Crippen LogP contribution in [-0.2, 0) is 9.53 Å². The highest BCUT2D eigenvalue weighted by Crippen LogP contribution is 2.32. The number of fused-ring (bicyclic) bond motifs is 1. The highest BCUT2D eigenvalue weighted by Gasteiger charge is 2.33. The lowest BCUT2D eigenvalue weighted by molar-refractivity contribution is -0.143. The standard InChI is InChI=1S/C28H29ClN2O5S/c1-6-34-20-11-9-19(10-12-20)25-24(27(33)36-16(3)4)17(5)30-28-31(25)26(32)23(37-28)15-18-8-13-22(35-7-2)21(29)14-18/h8-16,25H,6-7H2,1-5H3/b23-15+/t25-/m0/s1. The smallest absolute Gasteiger partial charge is 0.338 e. The molecular formula is C28H29ClN2O5S. The van der Waals surface area contributed by atoms with Crippen molar-refractivity contribution in [3.05, 3.63) is 89.6 Å². The van der Waals surface area contributed by atoms with Gasteiger partial charge in [0.1, 0.15) is 11.5 Å². The molecule has 3 aromatic rings. The van der Waals surface area contributed by atoms with E-state index in [2.05, 4.69) is 4.99 Å². The maximum Gasteiger partial charge on any atom is 0.338 e. The van der Waals surface area contributed by atoms with Crippen LogP contribution in [0.5, 0.6) is 11.5 Å². The Balaban J connectivity index is 1.87. The molecule has 7 nitrogen and oxygen atoms in total. The van der Waals surface area contributed by atoms with Crippen LogP contribution in [0.3, 0.4) is 0 Å². The molecule has 0 fully saturated rings. The molecule has 2 heterocycles. The van der Waals surface area contributed by atoms with Gasteiger partial charge in [-0.05, 0) is 76.1 Å². The Morgan fingerprint density at radius 3 is 2.46 bits per heavy atom. The maximum absolute atomic E-state index is 13.7. The Hall–Kier alpha value is -3.36. The summed E-state index contributed by atoms with van der Waals surface area (Å²) in [5.74, 6) is 0.794. The lowest BCUT2D eigenvalue weighted by Crippen LogP contribution is -2.40. The van der Waals surface area contributed by atoms with E-state index in [1.807, 2.05) is 44.2 Å². The van der Waals surface area contributed by atoms with Crippen LogP contribution in [0.1, 0.15) is 51.8 Å². The molecule has 2 aromatic carbocycles. The number of nitrogens with zero attached hydrogens (tertiary/aromatic N) is 2. The summed E-state index contributed by atoms with van der Waals surface area (Å²) in [6, 6.07) is 12.1. The van der Waals surface area contributed by atoms with Gasteiger partial charge in [0.15, 0.2) is 4.80 Å². The molecule has 37 heavy (non-hydrogen) atoms. The van der Waals surface area contributed by atoms with Crippen LogP contribution >= 0.6 is 22.9 Å². The van der Waals surface area contributed by atoms with E-state index < -0.39 is 12.0 Å². The average Bonchev–Trinajstić information content (AvgIpc) is 3.14. The van der Waals surface area contributed by atoms with Crippen molar-refractivity contribution in [2.45, 2.75) is 46.8 Å². The van der Waals surface area contributed by atoms with Crippen molar-refractivity contribution in [1.82, 2.24) is 4.57 Å². The zero-order chi connectivity index (χ0) is 26.7. The van der Waals surface area contributed by atoms with E-state index in [0.717, 1.165) is 11.1 Å². The van der Waals surface area contributed by atoms with Crippen molar-refractivity contribution < 1.29 is 19.0 Å². The largest absolute Gasteiger partial charge is 0.494 e. The fourth-order valence-electron chi connectivity index (χ4n) is 4.12. The van der Waals surface area contributed by atoms with Gasteiger partial charge in [-0.1, -0.05) is 41.1 Å². The molecule has 0 saturated heterocycles. The normalized spacial score (nSPS) is 15.4. The van der Waals surface area contributed by atoms with Gasteiger partial charge in [-0.3, -0.25) is 9.36 Å². The van der Waals surface area contributed by atoms with Crippen LogP contribution in [-0.4, -0.2) is 29.9 Å². The van der Waals surface area contributed by atoms with Gasteiger partial charge in [-0.2, -0.15) is 0 Å². The molecule has 194 valence electrons. The molecule has 0 N–H and O–H groups in total. The number of halogens is 1. The number of allylic oxidation sites excluding steroid dienone is 1. The fraction of sp³-hybridized carbons (Fsp3) is 0.321. The summed E-state index contributed by atoms with van der Waals surface area (Å²) < 4.78 is 18.7. The third-order valence-electron chi connectivity index (χ3n) is 5.64. The van der Waals surface area contributed by atoms with Crippen molar-refractivity contribution in [3.63, 3.8) is 0 Å². The first kappa shape index (κ1) is 26.7. The number of ether oxygens (including phenoxy) is 3. The first-order valence-corrected chi connectivity index (χ1v) is 13.3. The van der Waals surface area contributed by atoms with Crippen LogP contribution in [0.2, 0.25) is 5.02 Å². The summed E-state index contributed by atoms with van der Waals surface area (Å²) in [6.07, 6.45) is 1.45. The van der Waals surface area contributed by atoms with Gasteiger partial charge in [0.05, 0.1) is 46.2 Å². The maximum atomic E-state index is 13.7. The van der Waals surface area contributed by atoms with Crippen LogP contribution < -0.4 is 24.4 Å². The fourth-order valence-corrected chi connectivity index (χ4v) is 5.41. The molecule has 0 aliphatic carbocycles. The van der Waals surface area contributed by atoms with Crippen molar-refractivity contribution >= 4 is 35.0 Å². The number of benzene rings is 2. The molecule has 1 aliphatic heterocycles. The highest BCUT2D eigenvalue weighted by atomic mass is 35.5. The average molecular weight is 541 g/mol. The first-order chi connectivity index (χ1) is 17.7. The summed E-state index contributed by atoms with van der Waals surface area (Å²) >= 11 is 7.62. The molecule has 4 rings (SSSR count). The Kier molecular flexibility index (Phi) is 8.19. The van der Waals surface area contributed by atoms with E-state index in [0.29, 0.717) is 50.3 Å². The van der Waals surface area contributed by atoms with Gasteiger partial charge in [0.25, 0.3) is 5.56 Å². The second kappa shape index (κ2) is 11.4. The van der Waals surface area contributed by atoms with Crippen LogP contribution in [0.4, 0.5) is 0 Å². The molecule has 0 unspecified atom stereocenters. The van der Waals surface area contributed by atoms with E-state index in [-0.39, 0.29) is 11.7 Å². The topological polar surface area (TPSA) is 79.1 Å². The van der Waals surface area contributed by atoms with Crippen LogP contribution in [0.25, 0.3) is 6.08 Å². The molecule has 0 spiro atoms. The van der Waals surface area contributed by atoms with Gasteiger partial charge >= 0.3 is 5.97 Å². The third-order valence-corrected chi connectivity index (χ3v) is 6.92. The molecule has 9 heteroatoms. The number of hydrogen-bond donors (Lipinski definition) is 0. The Labute approximate surface area is 224 Å². The Bertz CT molecular complexity index is 1520. The molecule has 0 bridgehead atoms. The highest BCUT2D eigenvalue weighted by molar-refractivity contribution is 7.07. The SMILES string of the molecule is CCOc1ccc([C@H]2C(C(=O)OC(C)C)=C(C)N=c3s/c(=C/c4ccc(OCC)c(Cl)c4)c(=O)n32)cc1. The molecule has 0 saturated carbocycles. The van der Waals surface area contributed by atoms with Gasteiger partial charge < -0.3 is 14.2 Å². The van der Waals surface area contributed by atoms with Crippen molar-refractivity contribution in [2.75, 3.05) is 13.2 Å². The van der Waals surface area contributed by atoms with Crippen LogP contribution in [0, 0.1) is 0 Å². The first-order valence-electron chi connectivity index (χ1n) is 12.1. The number of aromatic nitrogens is 1. The predicted octanol–water partition coefficient (Wildman–Crippen LogP) is 4.64. The molecular weight excluding hydrogens is 512 g/mol. The van der Waals surface area contributed by atoms with Crippen LogP contribution in [0.15, 0.2) is 63.5 Å². The molecule has 1 aliphatic rings. The zero-order valence-electron chi connectivity index (χ0n) is 21.4. The van der Waals surface area contributed by atoms with Gasteiger partial charge in [-0.25, -0.2) is 9.79 Å². The predicted molar refractivity (Wildman–Crippen MR) is 145 cm³/mol. The molecule has 1 aromatic heterocycles. The van der Waals surface area contributed by atoms with Gasteiger partial charge in [0, 0.05) is 0 Å². The number of thiazole rings is 1. The lowest BCUT2D eigenvalue weighted by atomic mass is 9.96. The Morgan fingerprint density at radius 2 is 1.84 bits per heavy atom. The van der Waals surface area contributed by atoms with E-state index >= 15 is 0 Å². The van der Waals surface area contributed by atoms with E-state index in [1.54, 1.807) is 43.5 Å². The van der Waals surface area contributed by atoms with E-state index in [4.69, 9.17) is 25.8 Å². The van der Waals surface area contributed by atoms with Crippen molar-refractivity contribution in [3.8, 4) is 11.5 Å². The zero-order valence-corrected chi connectivity index (χ0v) is 23.0. The second-order valence-corrected chi connectivity index (χ2v) is 10.1. The number of carbonyl (C=O) groups is 1. The van der Waals surface area contributed by atoms with E-state index in [9.17, 15) is 9.59 Å². The minimum atomic E-state index is -0.691. The third kappa shape index (κ3) is 5.65. The molecule has 0 amide bonds. The summed E-state index contributed by atoms with van der Waals surface area (Å²) in [6.45, 7) is 10.2. The summed E-state index contributed by atoms with van der Waals surface area (Å²) in [5.41, 5.74) is 2.11. The monoisotopic (exact) mass is 540 g/mol. The quantitative estimate of drug-likeness (QED) is 0.389. The number of rotatable bonds is 8. The summed E-state index contributed by atoms with van der Waals surface area (Å²) in [7, 11) is 0. The molecule has 1 atom stereocenters. The minimum absolute atomic E-state index is 0.255. The number of esters is 1. The van der Waals surface area contributed by atoms with Crippen molar-refractivity contribution in [2.24, 2.45) is 4.99 Å². The minimum Gasteiger partial charge on any atom is -0.494 e. The van der Waals surface area contributed by atoms with Gasteiger partial charge in [-0.15, -0.1) is 0 Å². The summed E-state index contributed by atoms with van der Waals surface area (Å²) in [5, 5.41) is 0.463. The van der Waals surface area contributed by atoms with Gasteiger partial charge in [0.2, 0.25) is 0 Å². The second-order valence-electron chi connectivity index (χ2n) is 8.66. The number of carbonyl (C=O) groups excluding carboxylic acids is 1. The Morgan fingerprint density at radius 1 is 1.14 bits per heavy atom. The molecule has 0 radical (unpaired) electrons. The van der Waals surface area contributed by atoms with E-state index in [1.165, 1.54) is 11.3 Å². The lowest BCUT2D eigenvalue weighted by Gasteiger charge is -2.25. The summed E-state index contributed by atoms with van der Waals surface area (Å²) in [4.78, 5) is 32.1. The van der Waals surface area contributed by atoms with Crippen molar-refractivity contribution in [1.29, 1.82) is 0 Å².